The van der Waals surface area contributed by atoms with Crippen LogP contribution in [0.3, 0.4) is 0 Å². The first-order valence-electron chi connectivity index (χ1n) is 9.91. The molecule has 150 valence electrons. The third kappa shape index (κ3) is 2.97. The second-order valence-corrected chi connectivity index (χ2v) is 9.04. The maximum absolute atomic E-state index is 13.2. The topological polar surface area (TPSA) is 98.5 Å². The SMILES string of the molecule is COC(=O)[C@@H](C)NC(=O)C12C[C@@H]3C[C@@H](C1)CC(c1ccc([N+](=O)[O-])cc1)(C3)C2. The molecule has 5 rings (SSSR count). The van der Waals surface area contributed by atoms with Gasteiger partial charge >= 0.3 is 5.97 Å². The van der Waals surface area contributed by atoms with Gasteiger partial charge in [-0.2, -0.15) is 0 Å². The molecule has 3 atom stereocenters. The predicted octanol–water partition coefficient (Wildman–Crippen LogP) is 3.11. The monoisotopic (exact) mass is 386 g/mol. The van der Waals surface area contributed by atoms with Gasteiger partial charge < -0.3 is 10.1 Å². The minimum atomic E-state index is -0.666. The second kappa shape index (κ2) is 6.57. The van der Waals surface area contributed by atoms with Crippen molar-refractivity contribution in [3.63, 3.8) is 0 Å². The van der Waals surface area contributed by atoms with Crippen LogP contribution < -0.4 is 5.32 Å². The van der Waals surface area contributed by atoms with E-state index in [9.17, 15) is 19.7 Å². The first-order valence-corrected chi connectivity index (χ1v) is 9.91. The summed E-state index contributed by atoms with van der Waals surface area (Å²) in [5.41, 5.74) is 0.623. The predicted molar refractivity (Wildman–Crippen MR) is 102 cm³/mol. The van der Waals surface area contributed by atoms with Crippen LogP contribution in [0.5, 0.6) is 0 Å². The van der Waals surface area contributed by atoms with Crippen LogP contribution in [0.1, 0.15) is 51.0 Å². The van der Waals surface area contributed by atoms with Gasteiger partial charge in [-0.1, -0.05) is 12.1 Å². The summed E-state index contributed by atoms with van der Waals surface area (Å²) in [6.07, 6.45) is 5.67. The van der Waals surface area contributed by atoms with Gasteiger partial charge in [0.1, 0.15) is 6.04 Å². The van der Waals surface area contributed by atoms with Gasteiger partial charge in [-0.3, -0.25) is 14.9 Å². The van der Waals surface area contributed by atoms with Crippen molar-refractivity contribution in [3.05, 3.63) is 39.9 Å². The quantitative estimate of drug-likeness (QED) is 0.476. The van der Waals surface area contributed by atoms with Crippen molar-refractivity contribution in [1.82, 2.24) is 5.32 Å². The Bertz CT molecular complexity index is 805. The lowest BCUT2D eigenvalue weighted by Crippen LogP contribution is -2.60. The summed E-state index contributed by atoms with van der Waals surface area (Å²) in [5.74, 6) is 0.472. The third-order valence-corrected chi connectivity index (χ3v) is 7.14. The normalized spacial score (nSPS) is 33.9. The first kappa shape index (κ1) is 18.9. The van der Waals surface area contributed by atoms with E-state index in [4.69, 9.17) is 4.74 Å². The Labute approximate surface area is 164 Å². The van der Waals surface area contributed by atoms with Crippen LogP contribution in [0.4, 0.5) is 5.69 Å². The number of benzene rings is 1. The molecular formula is C21H26N2O5. The van der Waals surface area contributed by atoms with Crippen LogP contribution in [-0.2, 0) is 19.7 Å². The Hall–Kier alpha value is -2.44. The molecule has 0 unspecified atom stereocenters. The van der Waals surface area contributed by atoms with Crippen LogP contribution in [0.25, 0.3) is 0 Å². The fourth-order valence-corrected chi connectivity index (χ4v) is 6.39. The molecule has 1 N–H and O–H groups in total. The zero-order valence-electron chi connectivity index (χ0n) is 16.3. The third-order valence-electron chi connectivity index (χ3n) is 7.14. The fourth-order valence-electron chi connectivity index (χ4n) is 6.39. The van der Waals surface area contributed by atoms with Crippen LogP contribution in [0.2, 0.25) is 0 Å². The zero-order valence-corrected chi connectivity index (χ0v) is 16.3. The molecule has 0 saturated heterocycles. The summed E-state index contributed by atoms with van der Waals surface area (Å²) in [6, 6.07) is 6.21. The number of methoxy groups -OCH3 is 1. The van der Waals surface area contributed by atoms with Crippen molar-refractivity contribution < 1.29 is 19.2 Å². The Morgan fingerprint density at radius 1 is 1.18 bits per heavy atom. The highest BCUT2D eigenvalue weighted by Gasteiger charge is 2.61. The molecule has 0 radical (unpaired) electrons. The average molecular weight is 386 g/mol. The number of non-ortho nitro benzene ring substituents is 1. The summed E-state index contributed by atoms with van der Waals surface area (Å²) in [4.78, 5) is 35.6. The van der Waals surface area contributed by atoms with Gasteiger partial charge in [-0.15, -0.1) is 0 Å². The van der Waals surface area contributed by atoms with Crippen LogP contribution in [0.15, 0.2) is 24.3 Å². The molecule has 1 aromatic rings. The molecule has 4 fully saturated rings. The molecule has 1 amide bonds. The van der Waals surface area contributed by atoms with Gasteiger partial charge in [-0.25, -0.2) is 4.79 Å². The molecule has 0 aromatic heterocycles. The van der Waals surface area contributed by atoms with Crippen molar-refractivity contribution in [2.75, 3.05) is 7.11 Å². The standard InChI is InChI=1S/C21H26N2O5/c1-13(18(24)28-2)22-19(25)21-10-14-7-15(11-21)9-20(8-14,12-21)16-3-5-17(6-4-16)23(26)27/h3-6,13-15H,7-12H2,1-2H3,(H,22,25)/t13-,14-,15-,20?,21?/m1/s1. The van der Waals surface area contributed by atoms with Gasteiger partial charge in [0, 0.05) is 12.1 Å². The van der Waals surface area contributed by atoms with Gasteiger partial charge in [0.25, 0.3) is 5.69 Å². The molecule has 0 spiro atoms. The van der Waals surface area contributed by atoms with Crippen LogP contribution >= 0.6 is 0 Å². The fraction of sp³-hybridized carbons (Fsp3) is 0.619. The minimum absolute atomic E-state index is 0.0502. The number of carbonyl (C=O) groups is 2. The molecule has 4 aliphatic carbocycles. The van der Waals surface area contributed by atoms with Crippen molar-refractivity contribution in [1.29, 1.82) is 0 Å². The van der Waals surface area contributed by atoms with E-state index in [0.717, 1.165) is 44.1 Å². The number of nitro benzene ring substituents is 1. The molecule has 1 aromatic carbocycles. The molecular weight excluding hydrogens is 360 g/mol. The lowest BCUT2D eigenvalue weighted by atomic mass is 9.42. The number of nitrogens with zero attached hydrogens (tertiary/aromatic N) is 1. The molecule has 7 heteroatoms. The number of rotatable bonds is 5. The maximum atomic E-state index is 13.2. The number of hydrogen-bond acceptors (Lipinski definition) is 5. The molecule has 4 saturated carbocycles. The highest BCUT2D eigenvalue weighted by atomic mass is 16.6. The lowest BCUT2D eigenvalue weighted by Gasteiger charge is -2.61. The number of ether oxygens (including phenoxy) is 1. The number of hydrogen-bond donors (Lipinski definition) is 1. The van der Waals surface area contributed by atoms with E-state index in [1.165, 1.54) is 7.11 Å². The Balaban J connectivity index is 1.62. The highest BCUT2D eigenvalue weighted by Crippen LogP contribution is 2.65. The summed E-state index contributed by atoms with van der Waals surface area (Å²) in [5, 5.41) is 13.9. The lowest BCUT2D eigenvalue weighted by molar-refractivity contribution is -0.384. The smallest absolute Gasteiger partial charge is 0.328 e. The number of amides is 1. The Morgan fingerprint density at radius 3 is 2.32 bits per heavy atom. The molecule has 0 aliphatic heterocycles. The summed E-state index contributed by atoms with van der Waals surface area (Å²) >= 11 is 0. The van der Waals surface area contributed by atoms with Crippen molar-refractivity contribution in [2.24, 2.45) is 17.3 Å². The molecule has 7 nitrogen and oxygen atoms in total. The van der Waals surface area contributed by atoms with E-state index in [2.05, 4.69) is 5.32 Å². The number of nitrogens with one attached hydrogen (secondary N) is 1. The van der Waals surface area contributed by atoms with E-state index in [0.29, 0.717) is 11.8 Å². The van der Waals surface area contributed by atoms with Gasteiger partial charge in [0.05, 0.1) is 17.4 Å². The van der Waals surface area contributed by atoms with Crippen molar-refractivity contribution >= 4 is 17.6 Å². The average Bonchev–Trinajstić information content (AvgIpc) is 2.66. The van der Waals surface area contributed by atoms with Crippen LogP contribution in [0, 0.1) is 27.4 Å². The van der Waals surface area contributed by atoms with E-state index in [1.54, 1.807) is 19.1 Å². The first-order chi connectivity index (χ1) is 13.3. The van der Waals surface area contributed by atoms with Gasteiger partial charge in [0.2, 0.25) is 5.91 Å². The molecule has 28 heavy (non-hydrogen) atoms. The summed E-state index contributed by atoms with van der Waals surface area (Å²) < 4.78 is 4.74. The van der Waals surface area contributed by atoms with Gasteiger partial charge in [0.15, 0.2) is 0 Å². The molecule has 0 heterocycles. The van der Waals surface area contributed by atoms with E-state index in [1.807, 2.05) is 12.1 Å². The van der Waals surface area contributed by atoms with Gasteiger partial charge in [-0.05, 0) is 68.3 Å². The molecule has 4 bridgehead atoms. The minimum Gasteiger partial charge on any atom is -0.467 e. The van der Waals surface area contributed by atoms with E-state index >= 15 is 0 Å². The maximum Gasteiger partial charge on any atom is 0.328 e. The Morgan fingerprint density at radius 2 is 1.79 bits per heavy atom. The van der Waals surface area contributed by atoms with Crippen molar-refractivity contribution in [2.45, 2.75) is 56.9 Å². The number of nitro groups is 1. The van der Waals surface area contributed by atoms with Crippen LogP contribution in [-0.4, -0.2) is 30.0 Å². The van der Waals surface area contributed by atoms with E-state index < -0.39 is 17.4 Å². The second-order valence-electron chi connectivity index (χ2n) is 9.04. The number of carbonyl (C=O) groups excluding carboxylic acids is 2. The molecule has 4 aliphatic rings. The largest absolute Gasteiger partial charge is 0.467 e. The Kier molecular flexibility index (Phi) is 4.43. The summed E-state index contributed by atoms with van der Waals surface area (Å²) in [7, 11) is 1.32. The van der Waals surface area contributed by atoms with Crippen molar-refractivity contribution in [3.8, 4) is 0 Å². The summed E-state index contributed by atoms with van der Waals surface area (Å²) in [6.45, 7) is 1.65. The number of esters is 1. The zero-order chi connectivity index (χ0) is 20.1. The highest BCUT2D eigenvalue weighted by molar-refractivity contribution is 5.88. The van der Waals surface area contributed by atoms with E-state index in [-0.39, 0.29) is 21.9 Å².